The molecule has 24 heavy (non-hydrogen) atoms. The quantitative estimate of drug-likeness (QED) is 0.845. The van der Waals surface area contributed by atoms with Gasteiger partial charge in [0.25, 0.3) is 11.8 Å². The van der Waals surface area contributed by atoms with Crippen molar-refractivity contribution < 1.29 is 19.1 Å². The van der Waals surface area contributed by atoms with Crippen LogP contribution in [0.25, 0.3) is 5.57 Å². The molecule has 0 bridgehead atoms. The van der Waals surface area contributed by atoms with Crippen molar-refractivity contribution in [2.24, 2.45) is 0 Å². The minimum Gasteiger partial charge on any atom is -0.497 e. The second-order valence-corrected chi connectivity index (χ2v) is 6.07. The SMILES string of the molecule is COc1cc(NC2=C(c3cccs3)C(=O)N(C)C2=O)cc(OC)c1. The number of benzene rings is 1. The summed E-state index contributed by atoms with van der Waals surface area (Å²) >= 11 is 1.41. The van der Waals surface area contributed by atoms with Crippen molar-refractivity contribution >= 4 is 34.4 Å². The molecule has 0 unspecified atom stereocenters. The van der Waals surface area contributed by atoms with E-state index in [1.807, 2.05) is 17.5 Å². The Morgan fingerprint density at radius 2 is 1.71 bits per heavy atom. The third-order valence-electron chi connectivity index (χ3n) is 3.68. The fourth-order valence-electron chi connectivity index (χ4n) is 2.43. The van der Waals surface area contributed by atoms with E-state index in [4.69, 9.17) is 9.47 Å². The fraction of sp³-hybridized carbons (Fsp3) is 0.176. The summed E-state index contributed by atoms with van der Waals surface area (Å²) in [6, 6.07) is 8.86. The zero-order chi connectivity index (χ0) is 17.3. The van der Waals surface area contributed by atoms with E-state index in [2.05, 4.69) is 5.32 Å². The third-order valence-corrected chi connectivity index (χ3v) is 4.56. The normalized spacial score (nSPS) is 14.4. The highest BCUT2D eigenvalue weighted by Crippen LogP contribution is 2.33. The van der Waals surface area contributed by atoms with Crippen LogP contribution in [0.3, 0.4) is 0 Å². The Labute approximate surface area is 143 Å². The number of nitrogens with zero attached hydrogens (tertiary/aromatic N) is 1. The maximum absolute atomic E-state index is 12.5. The van der Waals surface area contributed by atoms with E-state index in [1.165, 1.54) is 18.4 Å². The van der Waals surface area contributed by atoms with Gasteiger partial charge in [0, 0.05) is 35.8 Å². The number of hydrogen-bond acceptors (Lipinski definition) is 6. The first-order valence-corrected chi connectivity index (χ1v) is 8.03. The zero-order valence-corrected chi connectivity index (χ0v) is 14.3. The standard InChI is InChI=1S/C17H16N2O4S/c1-19-16(20)14(13-5-4-6-24-13)15(17(19)21)18-10-7-11(22-2)9-12(8-10)23-3/h4-9,18H,1-3H3. The zero-order valence-electron chi connectivity index (χ0n) is 13.5. The molecule has 0 radical (unpaired) electrons. The van der Waals surface area contributed by atoms with Crippen LogP contribution in [0.1, 0.15) is 4.88 Å². The number of thiophene rings is 1. The van der Waals surface area contributed by atoms with E-state index in [0.717, 1.165) is 9.78 Å². The number of hydrogen-bond donors (Lipinski definition) is 1. The van der Waals surface area contributed by atoms with Crippen molar-refractivity contribution in [1.82, 2.24) is 4.90 Å². The molecule has 7 heteroatoms. The van der Waals surface area contributed by atoms with Gasteiger partial charge >= 0.3 is 0 Å². The lowest BCUT2D eigenvalue weighted by Gasteiger charge is -2.12. The number of carbonyl (C=O) groups excluding carboxylic acids is 2. The summed E-state index contributed by atoms with van der Waals surface area (Å²) < 4.78 is 10.5. The third kappa shape index (κ3) is 2.74. The van der Waals surface area contributed by atoms with Crippen LogP contribution in [0.4, 0.5) is 5.69 Å². The first-order chi connectivity index (χ1) is 11.5. The summed E-state index contributed by atoms with van der Waals surface area (Å²) in [4.78, 5) is 26.7. The highest BCUT2D eigenvalue weighted by atomic mass is 32.1. The second-order valence-electron chi connectivity index (χ2n) is 5.12. The molecule has 0 fully saturated rings. The first-order valence-electron chi connectivity index (χ1n) is 7.15. The molecule has 0 spiro atoms. The van der Waals surface area contributed by atoms with E-state index in [0.29, 0.717) is 22.8 Å². The van der Waals surface area contributed by atoms with E-state index < -0.39 is 0 Å². The number of ether oxygens (including phenoxy) is 2. The average molecular weight is 344 g/mol. The lowest BCUT2D eigenvalue weighted by molar-refractivity contribution is -0.135. The Morgan fingerprint density at radius 1 is 1.04 bits per heavy atom. The largest absolute Gasteiger partial charge is 0.497 e. The molecule has 6 nitrogen and oxygen atoms in total. The molecule has 1 N–H and O–H groups in total. The van der Waals surface area contributed by atoms with E-state index in [1.54, 1.807) is 32.4 Å². The van der Waals surface area contributed by atoms with Crippen molar-refractivity contribution in [1.29, 1.82) is 0 Å². The van der Waals surface area contributed by atoms with Crippen molar-refractivity contribution in [3.05, 3.63) is 46.3 Å². The van der Waals surface area contributed by atoms with Crippen molar-refractivity contribution in [2.45, 2.75) is 0 Å². The van der Waals surface area contributed by atoms with Crippen LogP contribution in [-0.2, 0) is 9.59 Å². The summed E-state index contributed by atoms with van der Waals surface area (Å²) in [6.07, 6.45) is 0. The molecular formula is C17H16N2O4S. The summed E-state index contributed by atoms with van der Waals surface area (Å²) in [5.74, 6) is 0.477. The summed E-state index contributed by atoms with van der Waals surface area (Å²) in [6.45, 7) is 0. The van der Waals surface area contributed by atoms with Gasteiger partial charge in [0.15, 0.2) is 0 Å². The number of likely N-dealkylation sites (N-methyl/N-ethyl adjacent to an activating group) is 1. The molecular weight excluding hydrogens is 328 g/mol. The molecule has 2 heterocycles. The van der Waals surface area contributed by atoms with E-state index in [9.17, 15) is 9.59 Å². The molecule has 2 aromatic rings. The molecule has 1 aromatic carbocycles. The molecule has 0 saturated heterocycles. The van der Waals surface area contributed by atoms with Gasteiger partial charge in [-0.25, -0.2) is 0 Å². The lowest BCUT2D eigenvalue weighted by atomic mass is 10.2. The molecule has 3 rings (SSSR count). The van der Waals surface area contributed by atoms with Gasteiger partial charge < -0.3 is 14.8 Å². The van der Waals surface area contributed by atoms with Crippen molar-refractivity contribution in [3.63, 3.8) is 0 Å². The van der Waals surface area contributed by atoms with Crippen LogP contribution in [-0.4, -0.2) is 38.0 Å². The highest BCUT2D eigenvalue weighted by Gasteiger charge is 2.37. The Bertz CT molecular complexity index is 805. The molecule has 0 saturated carbocycles. The van der Waals surface area contributed by atoms with Crippen LogP contribution in [0, 0.1) is 0 Å². The molecule has 0 aliphatic carbocycles. The fourth-order valence-corrected chi connectivity index (χ4v) is 3.20. The van der Waals surface area contributed by atoms with E-state index in [-0.39, 0.29) is 17.5 Å². The number of methoxy groups -OCH3 is 2. The lowest BCUT2D eigenvalue weighted by Crippen LogP contribution is -2.27. The predicted octanol–water partition coefficient (Wildman–Crippen LogP) is 2.59. The number of anilines is 1. The maximum Gasteiger partial charge on any atom is 0.277 e. The number of carbonyl (C=O) groups is 2. The number of amides is 2. The molecule has 1 aromatic heterocycles. The van der Waals surface area contributed by atoms with Gasteiger partial charge in [-0.2, -0.15) is 0 Å². The van der Waals surface area contributed by atoms with Crippen LogP contribution in [0.15, 0.2) is 41.4 Å². The smallest absolute Gasteiger partial charge is 0.277 e. The van der Waals surface area contributed by atoms with Crippen LogP contribution < -0.4 is 14.8 Å². The predicted molar refractivity (Wildman–Crippen MR) is 92.2 cm³/mol. The molecule has 124 valence electrons. The average Bonchev–Trinajstić information content (AvgIpc) is 3.19. The van der Waals surface area contributed by atoms with Gasteiger partial charge in [-0.1, -0.05) is 6.07 Å². The summed E-state index contributed by atoms with van der Waals surface area (Å²) in [7, 11) is 4.57. The summed E-state index contributed by atoms with van der Waals surface area (Å²) in [5, 5.41) is 4.92. The first kappa shape index (κ1) is 16.1. The second kappa shape index (κ2) is 6.37. The number of nitrogens with one attached hydrogen (secondary N) is 1. The minimum atomic E-state index is -0.370. The van der Waals surface area contributed by atoms with Crippen molar-refractivity contribution in [2.75, 3.05) is 26.6 Å². The molecule has 1 aliphatic heterocycles. The number of imide groups is 1. The van der Waals surface area contributed by atoms with Gasteiger partial charge in [-0.05, 0) is 11.4 Å². The van der Waals surface area contributed by atoms with Gasteiger partial charge in [-0.3, -0.25) is 14.5 Å². The topological polar surface area (TPSA) is 67.9 Å². The van der Waals surface area contributed by atoms with E-state index >= 15 is 0 Å². The van der Waals surface area contributed by atoms with Crippen LogP contribution in [0.2, 0.25) is 0 Å². The van der Waals surface area contributed by atoms with Gasteiger partial charge in [0.2, 0.25) is 0 Å². The highest BCUT2D eigenvalue weighted by molar-refractivity contribution is 7.11. The summed E-state index contributed by atoms with van der Waals surface area (Å²) in [5.41, 5.74) is 1.23. The Kier molecular flexibility index (Phi) is 4.26. The minimum absolute atomic E-state index is 0.250. The Balaban J connectivity index is 2.06. The van der Waals surface area contributed by atoms with Gasteiger partial charge in [0.05, 0.1) is 19.8 Å². The van der Waals surface area contributed by atoms with Crippen molar-refractivity contribution in [3.8, 4) is 11.5 Å². The van der Waals surface area contributed by atoms with Crippen LogP contribution in [0.5, 0.6) is 11.5 Å². The van der Waals surface area contributed by atoms with Crippen LogP contribution >= 0.6 is 11.3 Å². The molecule has 2 amide bonds. The molecule has 0 atom stereocenters. The van der Waals surface area contributed by atoms with Gasteiger partial charge in [0.1, 0.15) is 17.2 Å². The maximum atomic E-state index is 12.5. The Morgan fingerprint density at radius 3 is 2.25 bits per heavy atom. The molecule has 1 aliphatic rings. The van der Waals surface area contributed by atoms with Gasteiger partial charge in [-0.15, -0.1) is 11.3 Å². The monoisotopic (exact) mass is 344 g/mol. The Hall–Kier alpha value is -2.80. The number of rotatable bonds is 5.